The Bertz CT molecular complexity index is 909. The molecule has 6 heteroatoms. The third-order valence-corrected chi connectivity index (χ3v) is 4.81. The molecule has 0 spiro atoms. The molecule has 4 rings (SSSR count). The Labute approximate surface area is 139 Å². The number of carboxylic acids is 1. The van der Waals surface area contributed by atoms with Gasteiger partial charge in [-0.15, -0.1) is 0 Å². The van der Waals surface area contributed by atoms with Crippen LogP contribution in [0.1, 0.15) is 34.4 Å². The number of hydrogen-bond donors (Lipinski definition) is 2. The summed E-state index contributed by atoms with van der Waals surface area (Å²) in [5.74, 6) is 0.191. The molecular formula is C18H20N4O2. The number of rotatable bonds is 4. The van der Waals surface area contributed by atoms with Gasteiger partial charge in [0.2, 0.25) is 0 Å². The maximum absolute atomic E-state index is 11.2. The third kappa shape index (κ3) is 2.49. The first-order valence-electron chi connectivity index (χ1n) is 8.25. The molecule has 0 fully saturated rings. The quantitative estimate of drug-likeness (QED) is 0.774. The molecule has 0 atom stereocenters. The maximum Gasteiger partial charge on any atom is 0.335 e. The van der Waals surface area contributed by atoms with Gasteiger partial charge < -0.3 is 14.7 Å². The van der Waals surface area contributed by atoms with Crippen molar-refractivity contribution in [3.8, 4) is 0 Å². The molecular weight excluding hydrogens is 304 g/mol. The molecule has 2 aromatic heterocycles. The van der Waals surface area contributed by atoms with Gasteiger partial charge in [0.15, 0.2) is 0 Å². The first-order valence-corrected chi connectivity index (χ1v) is 8.25. The summed E-state index contributed by atoms with van der Waals surface area (Å²) in [6, 6.07) is 5.30. The number of aromatic carboxylic acids is 1. The Hall–Kier alpha value is -2.60. The predicted molar refractivity (Wildman–Crippen MR) is 91.0 cm³/mol. The van der Waals surface area contributed by atoms with Gasteiger partial charge in [-0.3, -0.25) is 4.90 Å². The van der Waals surface area contributed by atoms with Gasteiger partial charge in [-0.05, 0) is 30.7 Å². The smallest absolute Gasteiger partial charge is 0.335 e. The number of nitrogens with one attached hydrogen (secondary N) is 1. The predicted octanol–water partition coefficient (Wildman–Crippen LogP) is 2.64. The number of imidazole rings is 1. The fraction of sp³-hybridized carbons (Fsp3) is 0.333. The average molecular weight is 324 g/mol. The number of H-pyrrole nitrogens is 1. The van der Waals surface area contributed by atoms with Crippen LogP contribution in [-0.4, -0.2) is 37.1 Å². The lowest BCUT2D eigenvalue weighted by Crippen LogP contribution is -2.30. The molecule has 3 heterocycles. The van der Waals surface area contributed by atoms with E-state index in [0.29, 0.717) is 5.56 Å². The van der Waals surface area contributed by atoms with E-state index in [1.165, 1.54) is 11.3 Å². The first-order chi connectivity index (χ1) is 11.7. The lowest BCUT2D eigenvalue weighted by Gasteiger charge is -2.26. The standard InChI is InChI=1S/C18H20N4O2/c1-2-22-8-6-19-17(22)11-21-7-5-16-14(10-21)13-9-12(18(23)24)3-4-15(13)20-16/h3-4,6,8-9,20H,2,5,7,10-11H2,1H3,(H,23,24). The minimum absolute atomic E-state index is 0.336. The molecule has 1 aliphatic heterocycles. The summed E-state index contributed by atoms with van der Waals surface area (Å²) < 4.78 is 2.16. The maximum atomic E-state index is 11.2. The van der Waals surface area contributed by atoms with Crippen LogP contribution in [0.3, 0.4) is 0 Å². The number of carboxylic acid groups (broad SMARTS) is 1. The van der Waals surface area contributed by atoms with Gasteiger partial charge in [0.05, 0.1) is 12.1 Å². The molecule has 0 saturated heterocycles. The normalized spacial score (nSPS) is 14.9. The molecule has 0 bridgehead atoms. The van der Waals surface area contributed by atoms with E-state index in [4.69, 9.17) is 0 Å². The van der Waals surface area contributed by atoms with Gasteiger partial charge in [0, 0.05) is 55.0 Å². The van der Waals surface area contributed by atoms with Crippen molar-refractivity contribution >= 4 is 16.9 Å². The lowest BCUT2D eigenvalue weighted by molar-refractivity contribution is 0.0697. The van der Waals surface area contributed by atoms with Gasteiger partial charge in [0.25, 0.3) is 0 Å². The first kappa shape index (κ1) is 15.0. The van der Waals surface area contributed by atoms with Gasteiger partial charge in [-0.2, -0.15) is 0 Å². The number of aryl methyl sites for hydroxylation is 1. The number of hydrogen-bond acceptors (Lipinski definition) is 3. The van der Waals surface area contributed by atoms with Crippen molar-refractivity contribution in [2.24, 2.45) is 0 Å². The van der Waals surface area contributed by atoms with Crippen LogP contribution in [0.5, 0.6) is 0 Å². The van der Waals surface area contributed by atoms with Gasteiger partial charge in [-0.1, -0.05) is 0 Å². The highest BCUT2D eigenvalue weighted by Crippen LogP contribution is 2.29. The number of aromatic nitrogens is 3. The van der Waals surface area contributed by atoms with Crippen LogP contribution in [-0.2, 0) is 26.1 Å². The zero-order valence-corrected chi connectivity index (χ0v) is 13.6. The van der Waals surface area contributed by atoms with Gasteiger partial charge >= 0.3 is 5.97 Å². The Morgan fingerprint density at radius 1 is 1.42 bits per heavy atom. The summed E-state index contributed by atoms with van der Waals surface area (Å²) in [6.45, 7) is 5.64. The summed E-state index contributed by atoms with van der Waals surface area (Å²) >= 11 is 0. The molecule has 1 aromatic carbocycles. The number of nitrogens with zero attached hydrogens (tertiary/aromatic N) is 3. The zero-order valence-electron chi connectivity index (χ0n) is 13.6. The Kier molecular flexibility index (Phi) is 3.61. The number of benzene rings is 1. The molecule has 6 nitrogen and oxygen atoms in total. The zero-order chi connectivity index (χ0) is 16.7. The molecule has 1 aliphatic rings. The Balaban J connectivity index is 1.65. The summed E-state index contributed by atoms with van der Waals surface area (Å²) in [7, 11) is 0. The molecule has 124 valence electrons. The number of carbonyl (C=O) groups is 1. The van der Waals surface area contributed by atoms with Crippen molar-refractivity contribution in [2.75, 3.05) is 6.54 Å². The van der Waals surface area contributed by atoms with E-state index in [1.54, 1.807) is 12.1 Å². The van der Waals surface area contributed by atoms with E-state index in [-0.39, 0.29) is 0 Å². The van der Waals surface area contributed by atoms with Crippen molar-refractivity contribution in [1.82, 2.24) is 19.4 Å². The fourth-order valence-electron chi connectivity index (χ4n) is 3.52. The highest BCUT2D eigenvalue weighted by molar-refractivity contribution is 5.95. The Morgan fingerprint density at radius 2 is 2.29 bits per heavy atom. The van der Waals surface area contributed by atoms with E-state index in [9.17, 15) is 9.90 Å². The minimum atomic E-state index is -0.885. The van der Waals surface area contributed by atoms with Crippen LogP contribution >= 0.6 is 0 Å². The SMILES string of the molecule is CCn1ccnc1CN1CCc2[nH]c3ccc(C(=O)O)cc3c2C1. The van der Waals surface area contributed by atoms with Crippen LogP contribution in [0.4, 0.5) is 0 Å². The largest absolute Gasteiger partial charge is 0.478 e. The molecule has 0 aliphatic carbocycles. The second kappa shape index (κ2) is 5.79. The summed E-state index contributed by atoms with van der Waals surface area (Å²) in [4.78, 5) is 21.5. The number of aromatic amines is 1. The number of fused-ring (bicyclic) bond motifs is 3. The molecule has 0 unspecified atom stereocenters. The van der Waals surface area contributed by atoms with Crippen LogP contribution in [0.25, 0.3) is 10.9 Å². The van der Waals surface area contributed by atoms with Crippen LogP contribution in [0, 0.1) is 0 Å². The van der Waals surface area contributed by atoms with Crippen molar-refractivity contribution in [1.29, 1.82) is 0 Å². The van der Waals surface area contributed by atoms with Gasteiger partial charge in [-0.25, -0.2) is 9.78 Å². The summed E-state index contributed by atoms with van der Waals surface area (Å²) in [5.41, 5.74) is 3.79. The second-order valence-electron chi connectivity index (χ2n) is 6.24. The molecule has 0 radical (unpaired) electrons. The second-order valence-corrected chi connectivity index (χ2v) is 6.24. The van der Waals surface area contributed by atoms with Crippen molar-refractivity contribution in [2.45, 2.75) is 33.0 Å². The summed E-state index contributed by atoms with van der Waals surface area (Å²) in [5, 5.41) is 10.3. The van der Waals surface area contributed by atoms with Crippen molar-refractivity contribution in [3.05, 3.63) is 53.2 Å². The molecule has 0 saturated carbocycles. The monoisotopic (exact) mass is 324 g/mol. The van der Waals surface area contributed by atoms with E-state index >= 15 is 0 Å². The highest BCUT2D eigenvalue weighted by atomic mass is 16.4. The van der Waals surface area contributed by atoms with E-state index in [1.807, 2.05) is 18.5 Å². The van der Waals surface area contributed by atoms with Crippen LogP contribution in [0.2, 0.25) is 0 Å². The van der Waals surface area contributed by atoms with Gasteiger partial charge in [0.1, 0.15) is 5.82 Å². The fourth-order valence-corrected chi connectivity index (χ4v) is 3.52. The van der Waals surface area contributed by atoms with E-state index in [2.05, 4.69) is 26.4 Å². The molecule has 24 heavy (non-hydrogen) atoms. The molecule has 0 amide bonds. The average Bonchev–Trinajstić information content (AvgIpc) is 3.17. The minimum Gasteiger partial charge on any atom is -0.478 e. The lowest BCUT2D eigenvalue weighted by atomic mass is 10.0. The topological polar surface area (TPSA) is 74.2 Å². The van der Waals surface area contributed by atoms with Crippen LogP contribution in [0.15, 0.2) is 30.6 Å². The van der Waals surface area contributed by atoms with Crippen LogP contribution < -0.4 is 0 Å². The van der Waals surface area contributed by atoms with Crippen molar-refractivity contribution < 1.29 is 9.90 Å². The third-order valence-electron chi connectivity index (χ3n) is 4.81. The molecule has 3 aromatic rings. The highest BCUT2D eigenvalue weighted by Gasteiger charge is 2.22. The van der Waals surface area contributed by atoms with E-state index < -0.39 is 5.97 Å². The summed E-state index contributed by atoms with van der Waals surface area (Å²) in [6.07, 6.45) is 4.80. The molecule has 2 N–H and O–H groups in total. The van der Waals surface area contributed by atoms with E-state index in [0.717, 1.165) is 49.3 Å². The Morgan fingerprint density at radius 3 is 3.08 bits per heavy atom. The van der Waals surface area contributed by atoms with Crippen molar-refractivity contribution in [3.63, 3.8) is 0 Å².